The predicted molar refractivity (Wildman–Crippen MR) is 57.3 cm³/mol. The normalized spacial score (nSPS) is 10.2. The number of hydrogen-bond donors (Lipinski definition) is 1. The van der Waals surface area contributed by atoms with Crippen molar-refractivity contribution in [3.63, 3.8) is 0 Å². The summed E-state index contributed by atoms with van der Waals surface area (Å²) in [4.78, 5) is 16.4. The maximum Gasteiger partial charge on any atom is 0.197 e. The van der Waals surface area contributed by atoms with Crippen molar-refractivity contribution in [1.29, 1.82) is 0 Å². The van der Waals surface area contributed by atoms with Gasteiger partial charge in [0.05, 0.1) is 0 Å². The van der Waals surface area contributed by atoms with E-state index in [0.717, 1.165) is 5.69 Å². The molecule has 0 fully saturated rings. The Balaban J connectivity index is 2.22. The van der Waals surface area contributed by atoms with Gasteiger partial charge in [-0.3, -0.25) is 0 Å². The van der Waals surface area contributed by atoms with E-state index in [2.05, 4.69) is 19.9 Å². The quantitative estimate of drug-likeness (QED) is 0.767. The lowest BCUT2D eigenvalue weighted by Gasteiger charge is -1.99. The first-order valence-electron chi connectivity index (χ1n) is 4.30. The molecule has 76 valence electrons. The van der Waals surface area contributed by atoms with E-state index < -0.39 is 0 Å². The molecule has 5 nitrogen and oxygen atoms in total. The first-order chi connectivity index (χ1) is 7.24. The Kier molecular flexibility index (Phi) is 2.77. The molecular weight excluding hydrogens is 210 g/mol. The van der Waals surface area contributed by atoms with Crippen LogP contribution in [0, 0.1) is 6.92 Å². The summed E-state index contributed by atoms with van der Waals surface area (Å²) in [6.45, 7) is 1.91. The standard InChI is InChI=1S/C9H9N5S/c1-6-2-4-11-8(13-6)15-9-12-5-3-7(10)14-9/h2-5H,1H3,(H2,10,12,14). The van der Waals surface area contributed by atoms with Gasteiger partial charge in [-0.1, -0.05) is 0 Å². The van der Waals surface area contributed by atoms with Crippen LogP contribution in [-0.4, -0.2) is 19.9 Å². The molecule has 2 aromatic heterocycles. The molecule has 6 heteroatoms. The number of aromatic nitrogens is 4. The Morgan fingerprint density at radius 2 is 1.73 bits per heavy atom. The highest BCUT2D eigenvalue weighted by atomic mass is 32.2. The average molecular weight is 219 g/mol. The largest absolute Gasteiger partial charge is 0.384 e. The molecular formula is C9H9N5S. The summed E-state index contributed by atoms with van der Waals surface area (Å²) < 4.78 is 0. The zero-order valence-corrected chi connectivity index (χ0v) is 8.90. The van der Waals surface area contributed by atoms with Crippen molar-refractivity contribution in [3.05, 3.63) is 30.2 Å². The molecule has 0 amide bonds. The van der Waals surface area contributed by atoms with Crippen LogP contribution in [0.15, 0.2) is 34.8 Å². The average Bonchev–Trinajstić information content (AvgIpc) is 2.17. The number of anilines is 1. The molecule has 2 N–H and O–H groups in total. The molecule has 0 aliphatic carbocycles. The first kappa shape index (κ1) is 9.85. The van der Waals surface area contributed by atoms with E-state index in [1.807, 2.05) is 13.0 Å². The lowest BCUT2D eigenvalue weighted by molar-refractivity contribution is 0.910. The fourth-order valence-electron chi connectivity index (χ4n) is 0.960. The molecule has 0 aliphatic rings. The van der Waals surface area contributed by atoms with Gasteiger partial charge in [0.25, 0.3) is 0 Å². The van der Waals surface area contributed by atoms with Gasteiger partial charge in [0.2, 0.25) is 0 Å². The zero-order valence-electron chi connectivity index (χ0n) is 8.08. The van der Waals surface area contributed by atoms with Crippen LogP contribution in [0.2, 0.25) is 0 Å². The highest BCUT2D eigenvalue weighted by Crippen LogP contribution is 2.20. The second-order valence-corrected chi connectivity index (χ2v) is 3.78. The van der Waals surface area contributed by atoms with Gasteiger partial charge in [0, 0.05) is 18.1 Å². The van der Waals surface area contributed by atoms with Crippen molar-refractivity contribution in [1.82, 2.24) is 19.9 Å². The maximum absolute atomic E-state index is 5.54. The summed E-state index contributed by atoms with van der Waals surface area (Å²) in [5, 5.41) is 1.18. The minimum Gasteiger partial charge on any atom is -0.384 e. The van der Waals surface area contributed by atoms with E-state index in [1.165, 1.54) is 11.8 Å². The molecule has 0 radical (unpaired) electrons. The van der Waals surface area contributed by atoms with E-state index in [9.17, 15) is 0 Å². The van der Waals surface area contributed by atoms with Gasteiger partial charge >= 0.3 is 0 Å². The van der Waals surface area contributed by atoms with Crippen LogP contribution in [0.4, 0.5) is 5.82 Å². The van der Waals surface area contributed by atoms with Crippen molar-refractivity contribution in [2.45, 2.75) is 17.2 Å². The van der Waals surface area contributed by atoms with E-state index in [1.54, 1.807) is 18.5 Å². The van der Waals surface area contributed by atoms with Crippen molar-refractivity contribution in [3.8, 4) is 0 Å². The highest BCUT2D eigenvalue weighted by Gasteiger charge is 2.03. The van der Waals surface area contributed by atoms with Crippen LogP contribution < -0.4 is 5.73 Å². The highest BCUT2D eigenvalue weighted by molar-refractivity contribution is 7.99. The van der Waals surface area contributed by atoms with Crippen molar-refractivity contribution < 1.29 is 0 Å². The Bertz CT molecular complexity index is 430. The molecule has 0 saturated carbocycles. The number of nitrogens with zero attached hydrogens (tertiary/aromatic N) is 4. The van der Waals surface area contributed by atoms with E-state index in [-0.39, 0.29) is 0 Å². The van der Waals surface area contributed by atoms with Crippen LogP contribution in [-0.2, 0) is 0 Å². The van der Waals surface area contributed by atoms with E-state index >= 15 is 0 Å². The molecule has 2 aromatic rings. The third-order valence-corrected chi connectivity index (χ3v) is 2.37. The molecule has 15 heavy (non-hydrogen) atoms. The van der Waals surface area contributed by atoms with E-state index in [4.69, 9.17) is 5.73 Å². The Morgan fingerprint density at radius 1 is 1.07 bits per heavy atom. The number of nitrogen functional groups attached to an aromatic ring is 1. The summed E-state index contributed by atoms with van der Waals surface area (Å²) >= 11 is 1.29. The molecule has 0 aromatic carbocycles. The third kappa shape index (κ3) is 2.63. The summed E-state index contributed by atoms with van der Waals surface area (Å²) in [5.74, 6) is 0.445. The van der Waals surface area contributed by atoms with Gasteiger partial charge in [-0.05, 0) is 30.8 Å². The molecule has 2 heterocycles. The van der Waals surface area contributed by atoms with Crippen molar-refractivity contribution in [2.75, 3.05) is 5.73 Å². The van der Waals surface area contributed by atoms with Gasteiger partial charge in [0.15, 0.2) is 10.3 Å². The number of hydrogen-bond acceptors (Lipinski definition) is 6. The van der Waals surface area contributed by atoms with Gasteiger partial charge in [-0.25, -0.2) is 19.9 Å². The third-order valence-electron chi connectivity index (χ3n) is 1.61. The molecule has 0 spiro atoms. The lowest BCUT2D eigenvalue weighted by atomic mass is 10.5. The zero-order chi connectivity index (χ0) is 10.7. The Hall–Kier alpha value is -1.69. The van der Waals surface area contributed by atoms with Crippen LogP contribution in [0.3, 0.4) is 0 Å². The summed E-state index contributed by atoms with van der Waals surface area (Å²) in [5.41, 5.74) is 6.45. The molecule has 0 bridgehead atoms. The molecule has 0 saturated heterocycles. The topological polar surface area (TPSA) is 77.6 Å². The van der Waals surface area contributed by atoms with Crippen LogP contribution in [0.25, 0.3) is 0 Å². The lowest BCUT2D eigenvalue weighted by Crippen LogP contribution is -1.94. The smallest absolute Gasteiger partial charge is 0.197 e. The maximum atomic E-state index is 5.54. The fourth-order valence-corrected chi connectivity index (χ4v) is 1.69. The monoisotopic (exact) mass is 219 g/mol. The van der Waals surface area contributed by atoms with Crippen LogP contribution in [0.1, 0.15) is 5.69 Å². The van der Waals surface area contributed by atoms with Gasteiger partial charge in [-0.15, -0.1) is 0 Å². The minimum absolute atomic E-state index is 0.445. The minimum atomic E-state index is 0.445. The number of nitrogens with two attached hydrogens (primary N) is 1. The van der Waals surface area contributed by atoms with E-state index in [0.29, 0.717) is 16.1 Å². The van der Waals surface area contributed by atoms with Gasteiger partial charge in [0.1, 0.15) is 5.82 Å². The molecule has 0 unspecified atom stereocenters. The summed E-state index contributed by atoms with van der Waals surface area (Å²) in [6.07, 6.45) is 3.32. The Labute approximate surface area is 91.2 Å². The fraction of sp³-hybridized carbons (Fsp3) is 0.111. The van der Waals surface area contributed by atoms with Gasteiger partial charge in [-0.2, -0.15) is 0 Å². The van der Waals surface area contributed by atoms with Crippen LogP contribution in [0.5, 0.6) is 0 Å². The molecule has 2 rings (SSSR count). The van der Waals surface area contributed by atoms with Gasteiger partial charge < -0.3 is 5.73 Å². The predicted octanol–water partition coefficient (Wildman–Crippen LogP) is 1.31. The van der Waals surface area contributed by atoms with Crippen molar-refractivity contribution >= 4 is 17.6 Å². The first-order valence-corrected chi connectivity index (χ1v) is 5.12. The van der Waals surface area contributed by atoms with Crippen LogP contribution >= 0.6 is 11.8 Å². The molecule has 0 atom stereocenters. The molecule has 0 aliphatic heterocycles. The number of rotatable bonds is 2. The second kappa shape index (κ2) is 4.22. The summed E-state index contributed by atoms with van der Waals surface area (Å²) in [6, 6.07) is 3.48. The Morgan fingerprint density at radius 3 is 2.40 bits per heavy atom. The second-order valence-electron chi connectivity index (χ2n) is 2.85. The SMILES string of the molecule is Cc1ccnc(Sc2nccc(N)n2)n1. The summed E-state index contributed by atoms with van der Waals surface area (Å²) in [7, 11) is 0. The van der Waals surface area contributed by atoms with Crippen molar-refractivity contribution in [2.24, 2.45) is 0 Å². The number of aryl methyl sites for hydroxylation is 1.